The minimum Gasteiger partial charge on any atom is -0.459 e. The summed E-state index contributed by atoms with van der Waals surface area (Å²) in [6.45, 7) is 2.17. The van der Waals surface area contributed by atoms with Gasteiger partial charge < -0.3 is 30.3 Å². The number of carbonyl (C=O) groups excluding carboxylic acids is 4. The molecule has 0 aromatic heterocycles. The molecule has 2 heterocycles. The molecule has 4 rings (SSSR count). The van der Waals surface area contributed by atoms with Crippen LogP contribution in [0.4, 0.5) is 28.4 Å². The molecule has 2 aliphatic heterocycles. The lowest BCUT2D eigenvalue weighted by Gasteiger charge is -2.37. The first-order valence-electron chi connectivity index (χ1n) is 15.0. The third kappa shape index (κ3) is 8.63. The van der Waals surface area contributed by atoms with Crippen LogP contribution >= 0.6 is 0 Å². The molecular formula is C32H38F3N5O6. The van der Waals surface area contributed by atoms with Gasteiger partial charge in [-0.15, -0.1) is 0 Å². The minimum absolute atomic E-state index is 0.0552. The lowest BCUT2D eigenvalue weighted by atomic mass is 9.89. The van der Waals surface area contributed by atoms with Crippen molar-refractivity contribution in [2.75, 3.05) is 58.5 Å². The van der Waals surface area contributed by atoms with Gasteiger partial charge in [-0.1, -0.05) is 18.2 Å². The zero-order valence-corrected chi connectivity index (χ0v) is 25.7. The van der Waals surface area contributed by atoms with E-state index in [0.29, 0.717) is 23.8 Å². The van der Waals surface area contributed by atoms with Crippen LogP contribution in [0.25, 0.3) is 0 Å². The fourth-order valence-electron chi connectivity index (χ4n) is 5.72. The first kappa shape index (κ1) is 34.4. The van der Waals surface area contributed by atoms with Crippen molar-refractivity contribution in [3.05, 3.63) is 76.5 Å². The molecule has 0 saturated carbocycles. The molecule has 1 fully saturated rings. The molecule has 1 saturated heterocycles. The number of alkyl halides is 1. The van der Waals surface area contributed by atoms with Crippen molar-refractivity contribution in [3.63, 3.8) is 0 Å². The molecule has 2 aromatic carbocycles. The van der Waals surface area contributed by atoms with Crippen LogP contribution in [-0.2, 0) is 19.1 Å². The van der Waals surface area contributed by atoms with E-state index >= 15 is 0 Å². The van der Waals surface area contributed by atoms with E-state index in [2.05, 4.69) is 26.9 Å². The van der Waals surface area contributed by atoms with E-state index in [-0.39, 0.29) is 35.9 Å². The zero-order chi connectivity index (χ0) is 33.2. The first-order chi connectivity index (χ1) is 22.1. The van der Waals surface area contributed by atoms with E-state index in [4.69, 9.17) is 9.47 Å². The molecule has 1 atom stereocenters. The van der Waals surface area contributed by atoms with E-state index in [1.165, 1.54) is 19.6 Å². The maximum Gasteiger partial charge on any atom is 0.338 e. The van der Waals surface area contributed by atoms with Crippen LogP contribution in [0.2, 0.25) is 0 Å². The van der Waals surface area contributed by atoms with E-state index in [1.54, 1.807) is 0 Å². The summed E-state index contributed by atoms with van der Waals surface area (Å²) in [5.74, 6) is -3.23. The van der Waals surface area contributed by atoms with Gasteiger partial charge in [0.1, 0.15) is 19.3 Å². The number of urea groups is 2. The number of anilines is 1. The second kappa shape index (κ2) is 16.2. The fourth-order valence-corrected chi connectivity index (χ4v) is 5.72. The molecule has 0 bridgehead atoms. The van der Waals surface area contributed by atoms with Crippen molar-refractivity contribution in [2.24, 2.45) is 0 Å². The van der Waals surface area contributed by atoms with Crippen LogP contribution in [0.5, 0.6) is 0 Å². The molecule has 2 aromatic rings. The van der Waals surface area contributed by atoms with Crippen molar-refractivity contribution in [1.29, 1.82) is 0 Å². The zero-order valence-electron chi connectivity index (χ0n) is 25.7. The Labute approximate surface area is 265 Å². The molecule has 46 heavy (non-hydrogen) atoms. The number of benzene rings is 2. The number of rotatable bonds is 12. The minimum atomic E-state index is -1.51. The van der Waals surface area contributed by atoms with Gasteiger partial charge >= 0.3 is 18.0 Å². The second-order valence-electron chi connectivity index (χ2n) is 11.0. The number of ether oxygens (including phenoxy) is 2. The number of amides is 5. The van der Waals surface area contributed by atoms with Crippen LogP contribution in [0.15, 0.2) is 53.7 Å². The summed E-state index contributed by atoms with van der Waals surface area (Å²) in [7, 11) is 1.31. The second-order valence-corrected chi connectivity index (χ2v) is 11.0. The molecule has 2 aliphatic rings. The summed E-state index contributed by atoms with van der Waals surface area (Å²) in [6.07, 6.45) is 2.41. The van der Waals surface area contributed by atoms with Gasteiger partial charge in [0, 0.05) is 26.3 Å². The molecule has 11 nitrogen and oxygen atoms in total. The lowest BCUT2D eigenvalue weighted by molar-refractivity contribution is -0.140. The number of likely N-dealkylation sites (tertiary alicyclic amines) is 1. The predicted octanol–water partition coefficient (Wildman–Crippen LogP) is 4.38. The van der Waals surface area contributed by atoms with Crippen LogP contribution in [-0.4, -0.2) is 86.9 Å². The fraction of sp³-hybridized carbons (Fsp3) is 0.438. The van der Waals surface area contributed by atoms with Crippen LogP contribution < -0.4 is 16.0 Å². The Morgan fingerprint density at radius 2 is 1.80 bits per heavy atom. The van der Waals surface area contributed by atoms with E-state index in [1.807, 2.05) is 18.2 Å². The highest BCUT2D eigenvalue weighted by atomic mass is 19.2. The third-order valence-electron chi connectivity index (χ3n) is 7.82. The van der Waals surface area contributed by atoms with Crippen molar-refractivity contribution < 1.29 is 41.8 Å². The summed E-state index contributed by atoms with van der Waals surface area (Å²) in [5.41, 5.74) is 1.54. The van der Waals surface area contributed by atoms with Gasteiger partial charge in [0.15, 0.2) is 11.6 Å². The van der Waals surface area contributed by atoms with Gasteiger partial charge in [0.25, 0.3) is 0 Å². The quantitative estimate of drug-likeness (QED) is 0.231. The highest BCUT2D eigenvalue weighted by molar-refractivity contribution is 6.01. The molecule has 1 unspecified atom stereocenters. The monoisotopic (exact) mass is 644 g/mol. The number of carbonyl (C=O) groups is 4. The number of hydrogen-bond acceptors (Lipinski definition) is 7. The number of nitrogens with zero attached hydrogens (tertiary/aromatic N) is 2. The normalized spacial score (nSPS) is 17.5. The smallest absolute Gasteiger partial charge is 0.338 e. The number of methoxy groups -OCH3 is 1. The molecule has 0 aliphatic carbocycles. The Kier molecular flexibility index (Phi) is 12.1. The van der Waals surface area contributed by atoms with Crippen LogP contribution in [0, 0.1) is 11.6 Å². The van der Waals surface area contributed by atoms with Crippen molar-refractivity contribution in [3.8, 4) is 0 Å². The van der Waals surface area contributed by atoms with E-state index in [0.717, 1.165) is 49.8 Å². The Bertz CT molecular complexity index is 1460. The Morgan fingerprint density at radius 3 is 2.48 bits per heavy atom. The number of hydrogen-bond donors (Lipinski definition) is 3. The maximum absolute atomic E-state index is 14.3. The van der Waals surface area contributed by atoms with Crippen molar-refractivity contribution in [2.45, 2.75) is 38.1 Å². The summed E-state index contributed by atoms with van der Waals surface area (Å²) >= 11 is 0. The number of esters is 1. The Balaban J connectivity index is 1.40. The maximum atomic E-state index is 14.3. The SMILES string of the molecule is COCC1=C(C(=O)OCC[18F])C(c2ccc(F)c(F)c2)N(C(=O)NCCCN2CCC(c3cccc(NC(C)=O)c3)CC2)C(=O)N1. The van der Waals surface area contributed by atoms with Gasteiger partial charge in [-0.05, 0) is 80.2 Å². The number of halogens is 3. The van der Waals surface area contributed by atoms with Crippen LogP contribution in [0.3, 0.4) is 0 Å². The molecule has 0 spiro atoms. The van der Waals surface area contributed by atoms with Gasteiger partial charge in [-0.25, -0.2) is 32.5 Å². The van der Waals surface area contributed by atoms with Gasteiger partial charge in [0.2, 0.25) is 5.91 Å². The first-order valence-corrected chi connectivity index (χ1v) is 15.0. The largest absolute Gasteiger partial charge is 0.459 e. The Morgan fingerprint density at radius 1 is 1.04 bits per heavy atom. The van der Waals surface area contributed by atoms with Gasteiger partial charge in [-0.2, -0.15) is 0 Å². The number of piperidine rings is 1. The molecule has 5 amide bonds. The number of nitrogens with one attached hydrogen (secondary N) is 3. The van der Waals surface area contributed by atoms with Crippen molar-refractivity contribution >= 4 is 29.6 Å². The number of imide groups is 1. The molecule has 0 radical (unpaired) electrons. The molecule has 248 valence electrons. The van der Waals surface area contributed by atoms with E-state index < -0.39 is 49.0 Å². The molecule has 3 N–H and O–H groups in total. The summed E-state index contributed by atoms with van der Waals surface area (Å²) in [5, 5.41) is 7.94. The molecular weight excluding hydrogens is 606 g/mol. The van der Waals surface area contributed by atoms with Gasteiger partial charge in [0.05, 0.1) is 17.9 Å². The summed E-state index contributed by atoms with van der Waals surface area (Å²) in [6, 6.07) is 7.28. The van der Waals surface area contributed by atoms with Crippen molar-refractivity contribution in [1.82, 2.24) is 20.4 Å². The summed E-state index contributed by atoms with van der Waals surface area (Å²) < 4.78 is 51.0. The average Bonchev–Trinajstić information content (AvgIpc) is 3.03. The lowest BCUT2D eigenvalue weighted by Crippen LogP contribution is -2.55. The topological polar surface area (TPSA) is 129 Å². The van der Waals surface area contributed by atoms with Gasteiger partial charge in [-0.3, -0.25) is 4.79 Å². The summed E-state index contributed by atoms with van der Waals surface area (Å²) in [4.78, 5) is 54.0. The highest BCUT2D eigenvalue weighted by Crippen LogP contribution is 2.35. The Hall–Kier alpha value is -4.43. The molecule has 14 heteroatoms. The standard InChI is InChI=1S/C32H38F3N5O6/c1-20(41)37-24-6-3-5-22(17-24)21-9-14-39(15-10-21)13-4-12-36-31(43)40-29(23-7-8-25(34)26(35)18-23)28(30(42)46-16-11-33)27(19-45-2)38-32(40)44/h3,5-8,17-18,21,29H,4,9-16,19H2,1-2H3,(H,36,43)(H,37,41)(H,38,44)/i33-1. The predicted molar refractivity (Wildman–Crippen MR) is 162 cm³/mol. The average molecular weight is 645 g/mol. The third-order valence-corrected chi connectivity index (χ3v) is 7.82. The highest BCUT2D eigenvalue weighted by Gasteiger charge is 2.43. The van der Waals surface area contributed by atoms with E-state index in [9.17, 15) is 32.3 Å². The van der Waals surface area contributed by atoms with Crippen LogP contribution in [0.1, 0.15) is 49.3 Å².